The Labute approximate surface area is 230 Å². The molecule has 1 saturated carbocycles. The minimum absolute atomic E-state index is 0.0165. The highest BCUT2D eigenvalue weighted by Gasteiger charge is 2.40. The second-order valence-corrected chi connectivity index (χ2v) is 13.7. The maximum Gasteiger partial charge on any atom is 0.338 e. The highest BCUT2D eigenvalue weighted by atomic mass is 32.2. The summed E-state index contributed by atoms with van der Waals surface area (Å²) >= 11 is 0. The van der Waals surface area contributed by atoms with Gasteiger partial charge in [0.15, 0.2) is 9.84 Å². The fourth-order valence-electron chi connectivity index (χ4n) is 6.19. The Bertz CT molecular complexity index is 1310. The van der Waals surface area contributed by atoms with Gasteiger partial charge in [-0.05, 0) is 81.0 Å². The van der Waals surface area contributed by atoms with Gasteiger partial charge in [0.25, 0.3) is 5.91 Å². The summed E-state index contributed by atoms with van der Waals surface area (Å²) in [4.78, 5) is 26.0. The number of amides is 1. The number of rotatable bonds is 8. The molecule has 0 unspecified atom stereocenters. The van der Waals surface area contributed by atoms with Crippen molar-refractivity contribution in [3.05, 3.63) is 46.8 Å². The molecule has 1 saturated heterocycles. The summed E-state index contributed by atoms with van der Waals surface area (Å²) in [6.07, 6.45) is 6.44. The van der Waals surface area contributed by atoms with Gasteiger partial charge >= 0.3 is 5.97 Å². The molecule has 2 aromatic rings. The third-order valence-electron chi connectivity index (χ3n) is 8.58. The number of fused-ring (bicyclic) bond motifs is 1. The topological polar surface area (TPSA) is 117 Å². The van der Waals surface area contributed by atoms with E-state index in [4.69, 9.17) is 14.6 Å². The van der Waals surface area contributed by atoms with Crippen molar-refractivity contribution < 1.29 is 27.5 Å². The summed E-state index contributed by atoms with van der Waals surface area (Å²) in [7, 11) is -3.36. The minimum Gasteiger partial charge on any atom is -0.462 e. The van der Waals surface area contributed by atoms with Crippen LogP contribution >= 0.6 is 0 Å². The van der Waals surface area contributed by atoms with Crippen LogP contribution in [-0.4, -0.2) is 61.7 Å². The third-order valence-corrected chi connectivity index (χ3v) is 10.9. The van der Waals surface area contributed by atoms with Crippen LogP contribution in [0.25, 0.3) is 0 Å². The number of carbonyl (C=O) groups excluding carboxylic acids is 2. The smallest absolute Gasteiger partial charge is 0.338 e. The van der Waals surface area contributed by atoms with Gasteiger partial charge in [-0.3, -0.25) is 9.48 Å². The summed E-state index contributed by atoms with van der Waals surface area (Å²) < 4.78 is 38.6. The fraction of sp³-hybridized carbons (Fsp3) is 0.621. The van der Waals surface area contributed by atoms with E-state index >= 15 is 0 Å². The lowest BCUT2D eigenvalue weighted by atomic mass is 9.75. The van der Waals surface area contributed by atoms with Gasteiger partial charge in [0.1, 0.15) is 5.69 Å². The van der Waals surface area contributed by atoms with Crippen LogP contribution in [0, 0.1) is 11.3 Å². The summed E-state index contributed by atoms with van der Waals surface area (Å²) in [5.74, 6) is -0.575. The molecule has 1 aromatic carbocycles. The Morgan fingerprint density at radius 3 is 2.56 bits per heavy atom. The van der Waals surface area contributed by atoms with Crippen molar-refractivity contribution in [2.45, 2.75) is 81.9 Å². The Morgan fingerprint density at radius 1 is 1.21 bits per heavy atom. The molecule has 212 valence electrons. The molecule has 1 aromatic heterocycles. The molecule has 9 nitrogen and oxygen atoms in total. The van der Waals surface area contributed by atoms with Gasteiger partial charge in [-0.15, -0.1) is 0 Å². The number of aryl methyl sites for hydroxylation is 1. The van der Waals surface area contributed by atoms with E-state index in [0.29, 0.717) is 56.8 Å². The first-order chi connectivity index (χ1) is 18.7. The summed E-state index contributed by atoms with van der Waals surface area (Å²) in [5, 5.41) is 7.60. The SMILES string of the molecule is CCn1nc(C[C@@H](C)COC(=O)c2ccc(S(=O)(=O)C3CCCC3)cc2)c2c1C(=O)NCC1(CCOCC1)C2. The zero-order chi connectivity index (χ0) is 27.6. The van der Waals surface area contributed by atoms with Gasteiger partial charge in [-0.2, -0.15) is 5.10 Å². The normalized spacial score (nSPS) is 20.3. The zero-order valence-corrected chi connectivity index (χ0v) is 23.7. The number of benzene rings is 1. The van der Waals surface area contributed by atoms with Gasteiger partial charge in [0.2, 0.25) is 0 Å². The first kappa shape index (κ1) is 27.8. The van der Waals surface area contributed by atoms with E-state index in [-0.39, 0.29) is 34.0 Å². The molecule has 3 aliphatic rings. The Balaban J connectivity index is 1.24. The zero-order valence-electron chi connectivity index (χ0n) is 22.9. The second-order valence-electron chi connectivity index (χ2n) is 11.4. The number of nitrogens with one attached hydrogen (secondary N) is 1. The molecule has 0 radical (unpaired) electrons. The predicted molar refractivity (Wildman–Crippen MR) is 145 cm³/mol. The number of hydrogen-bond acceptors (Lipinski definition) is 7. The van der Waals surface area contributed by atoms with Crippen molar-refractivity contribution in [1.82, 2.24) is 15.1 Å². The molecule has 1 amide bonds. The van der Waals surface area contributed by atoms with Gasteiger partial charge in [0, 0.05) is 31.9 Å². The predicted octanol–water partition coefficient (Wildman–Crippen LogP) is 3.74. The largest absolute Gasteiger partial charge is 0.462 e. The standard InChI is InChI=1S/C29H39N3O6S/c1-3-32-26-24(17-29(19-30-27(26)33)12-14-37-15-13-29)25(31-32)16-20(2)18-38-28(34)21-8-10-23(11-9-21)39(35,36)22-6-4-5-7-22/h8-11,20,22H,3-7,12-19H2,1-2H3,(H,30,33)/t20-/m1/s1. The van der Waals surface area contributed by atoms with Crippen LogP contribution in [0.4, 0.5) is 0 Å². The Kier molecular flexibility index (Phi) is 8.14. The summed E-state index contributed by atoms with van der Waals surface area (Å²) in [5.41, 5.74) is 2.84. The van der Waals surface area contributed by atoms with Crippen LogP contribution in [0.15, 0.2) is 29.2 Å². The molecular formula is C29H39N3O6S. The van der Waals surface area contributed by atoms with E-state index in [9.17, 15) is 18.0 Å². The highest BCUT2D eigenvalue weighted by Crippen LogP contribution is 2.38. The Hall–Kier alpha value is -2.72. The van der Waals surface area contributed by atoms with Gasteiger partial charge in [-0.25, -0.2) is 13.2 Å². The molecule has 1 atom stereocenters. The minimum atomic E-state index is -3.36. The highest BCUT2D eigenvalue weighted by molar-refractivity contribution is 7.92. The number of nitrogens with zero attached hydrogens (tertiary/aromatic N) is 2. The number of sulfone groups is 1. The number of esters is 1. The first-order valence-electron chi connectivity index (χ1n) is 14.2. The molecule has 10 heteroatoms. The molecule has 1 N–H and O–H groups in total. The summed E-state index contributed by atoms with van der Waals surface area (Å²) in [6, 6.07) is 6.09. The van der Waals surface area contributed by atoms with Crippen molar-refractivity contribution in [2.75, 3.05) is 26.4 Å². The lowest BCUT2D eigenvalue weighted by Gasteiger charge is -2.36. The Morgan fingerprint density at radius 2 is 1.90 bits per heavy atom. The molecule has 39 heavy (non-hydrogen) atoms. The van der Waals surface area contributed by atoms with Crippen molar-refractivity contribution in [2.24, 2.45) is 11.3 Å². The maximum atomic E-state index is 13.0. The molecule has 3 heterocycles. The quantitative estimate of drug-likeness (QED) is 0.492. The van der Waals surface area contributed by atoms with Gasteiger partial charge in [0.05, 0.1) is 28.0 Å². The molecule has 5 rings (SSSR count). The molecule has 2 fully saturated rings. The van der Waals surface area contributed by atoms with E-state index in [1.807, 2.05) is 13.8 Å². The first-order valence-corrected chi connectivity index (χ1v) is 15.7. The maximum absolute atomic E-state index is 13.0. The van der Waals surface area contributed by atoms with Crippen LogP contribution in [0.1, 0.15) is 84.5 Å². The van der Waals surface area contributed by atoms with Crippen LogP contribution in [0.2, 0.25) is 0 Å². The second kappa shape index (κ2) is 11.4. The molecule has 1 spiro atoms. The van der Waals surface area contributed by atoms with Crippen LogP contribution in [0.3, 0.4) is 0 Å². The van der Waals surface area contributed by atoms with Crippen LogP contribution in [0.5, 0.6) is 0 Å². The molecule has 1 aliphatic carbocycles. The molecule has 0 bridgehead atoms. The van der Waals surface area contributed by atoms with E-state index < -0.39 is 15.8 Å². The van der Waals surface area contributed by atoms with Crippen molar-refractivity contribution in [1.29, 1.82) is 0 Å². The lowest BCUT2D eigenvalue weighted by Crippen LogP contribution is -2.40. The van der Waals surface area contributed by atoms with Crippen molar-refractivity contribution >= 4 is 21.7 Å². The van der Waals surface area contributed by atoms with Crippen LogP contribution < -0.4 is 5.32 Å². The number of ether oxygens (including phenoxy) is 2. The van der Waals surface area contributed by atoms with E-state index in [2.05, 4.69) is 5.32 Å². The lowest BCUT2D eigenvalue weighted by molar-refractivity contribution is 0.0160. The number of carbonyl (C=O) groups is 2. The van der Waals surface area contributed by atoms with Crippen molar-refractivity contribution in [3.8, 4) is 0 Å². The van der Waals surface area contributed by atoms with Crippen molar-refractivity contribution in [3.63, 3.8) is 0 Å². The van der Waals surface area contributed by atoms with E-state index in [1.165, 1.54) is 24.3 Å². The average Bonchev–Trinajstić information content (AvgIpc) is 3.58. The molecule has 2 aliphatic heterocycles. The van der Waals surface area contributed by atoms with Gasteiger partial charge < -0.3 is 14.8 Å². The third kappa shape index (κ3) is 5.77. The van der Waals surface area contributed by atoms with Crippen LogP contribution in [-0.2, 0) is 38.7 Å². The fourth-order valence-corrected chi connectivity index (χ4v) is 8.04. The average molecular weight is 558 g/mol. The number of hydrogen-bond donors (Lipinski definition) is 1. The summed E-state index contributed by atoms with van der Waals surface area (Å²) in [6.45, 7) is 6.81. The van der Waals surface area contributed by atoms with E-state index in [1.54, 1.807) is 4.68 Å². The monoisotopic (exact) mass is 557 g/mol. The van der Waals surface area contributed by atoms with Gasteiger partial charge in [-0.1, -0.05) is 19.8 Å². The molecular weight excluding hydrogens is 518 g/mol. The number of aromatic nitrogens is 2. The van der Waals surface area contributed by atoms with E-state index in [0.717, 1.165) is 43.4 Å².